The molecule has 0 aliphatic carbocycles. The van der Waals surface area contributed by atoms with E-state index in [4.69, 9.17) is 16.3 Å². The molecule has 2 aromatic heterocycles. The molecule has 8 nitrogen and oxygen atoms in total. The summed E-state index contributed by atoms with van der Waals surface area (Å²) in [6.07, 6.45) is -0.627. The van der Waals surface area contributed by atoms with Crippen LogP contribution in [0.1, 0.15) is 5.01 Å². The minimum Gasteiger partial charge on any atom is -0.494 e. The smallest absolute Gasteiger partial charge is 0.223 e. The Bertz CT molecular complexity index is 1320. The van der Waals surface area contributed by atoms with Gasteiger partial charge in [-0.1, -0.05) is 11.6 Å². The third-order valence-electron chi connectivity index (χ3n) is 6.11. The van der Waals surface area contributed by atoms with Crippen LogP contribution in [0.3, 0.4) is 0 Å². The number of anilines is 1. The van der Waals surface area contributed by atoms with Gasteiger partial charge in [-0.25, -0.2) is 9.55 Å². The average Bonchev–Trinajstić information content (AvgIpc) is 3.36. The fraction of sp³-hybridized carbons (Fsp3) is 0.320. The number of aliphatic hydroxyl groups excluding tert-OH is 1. The van der Waals surface area contributed by atoms with E-state index in [-0.39, 0.29) is 18.4 Å². The molecule has 5 rings (SSSR count). The van der Waals surface area contributed by atoms with Gasteiger partial charge < -0.3 is 25.0 Å². The molecule has 3 heterocycles. The Morgan fingerprint density at radius 1 is 1.06 bits per heavy atom. The molecule has 184 valence electrons. The van der Waals surface area contributed by atoms with Crippen LogP contribution >= 0.6 is 22.9 Å². The van der Waals surface area contributed by atoms with E-state index in [1.54, 1.807) is 41.7 Å². The summed E-state index contributed by atoms with van der Waals surface area (Å²) < 4.78 is 8.32. The molecule has 2 aromatic carbocycles. The largest absolute Gasteiger partial charge is 0.494 e. The second-order valence-corrected chi connectivity index (χ2v) is 10.3. The van der Waals surface area contributed by atoms with Crippen molar-refractivity contribution in [3.63, 3.8) is 0 Å². The number of β-amino-alcohol motifs (C(OH)–C–C–N with tert-alkyl or cyclic N) is 1. The van der Waals surface area contributed by atoms with Gasteiger partial charge in [-0.05, 0) is 43.3 Å². The van der Waals surface area contributed by atoms with Crippen molar-refractivity contribution in [1.29, 1.82) is 0 Å². The molecular weight excluding hydrogens is 488 g/mol. The Kier molecular flexibility index (Phi) is 6.75. The SMILES string of the molecule is Cc1nc2cc(OCC(O)CN3CCN(c4cc(O)n(-c5ccc(Cl)cc5)c4O)CC3)ccc2s1. The average molecular weight is 515 g/mol. The molecule has 4 aromatic rings. The molecular formula is C25H27ClN4O4S. The van der Waals surface area contributed by atoms with Gasteiger partial charge in [0.15, 0.2) is 0 Å². The molecule has 1 unspecified atom stereocenters. The predicted molar refractivity (Wildman–Crippen MR) is 139 cm³/mol. The summed E-state index contributed by atoms with van der Waals surface area (Å²) in [6, 6.07) is 14.3. The molecule has 0 spiro atoms. The lowest BCUT2D eigenvalue weighted by atomic mass is 10.2. The van der Waals surface area contributed by atoms with E-state index >= 15 is 0 Å². The summed E-state index contributed by atoms with van der Waals surface area (Å²) in [5, 5.41) is 33.3. The van der Waals surface area contributed by atoms with Crippen LogP contribution in [0, 0.1) is 6.92 Å². The highest BCUT2D eigenvalue weighted by atomic mass is 35.5. The summed E-state index contributed by atoms with van der Waals surface area (Å²) in [6.45, 7) is 5.42. The van der Waals surface area contributed by atoms with Crippen molar-refractivity contribution in [2.24, 2.45) is 0 Å². The van der Waals surface area contributed by atoms with Crippen molar-refractivity contribution in [1.82, 2.24) is 14.5 Å². The Hall–Kier alpha value is -2.98. The molecule has 0 radical (unpaired) electrons. The number of aromatic nitrogens is 2. The van der Waals surface area contributed by atoms with E-state index in [1.165, 1.54) is 4.57 Å². The number of aromatic hydroxyl groups is 2. The maximum Gasteiger partial charge on any atom is 0.223 e. The molecule has 1 saturated heterocycles. The predicted octanol–water partition coefficient (Wildman–Crippen LogP) is 4.02. The highest BCUT2D eigenvalue weighted by Crippen LogP contribution is 2.38. The van der Waals surface area contributed by atoms with Gasteiger partial charge in [0.1, 0.15) is 24.1 Å². The number of benzene rings is 2. The number of piperazine rings is 1. The van der Waals surface area contributed by atoms with Gasteiger partial charge in [0.2, 0.25) is 11.8 Å². The number of fused-ring (bicyclic) bond motifs is 1. The summed E-state index contributed by atoms with van der Waals surface area (Å²) in [7, 11) is 0. The minimum absolute atomic E-state index is 0.0148. The first-order valence-corrected chi connectivity index (χ1v) is 12.6. The summed E-state index contributed by atoms with van der Waals surface area (Å²) in [5.41, 5.74) is 2.12. The van der Waals surface area contributed by atoms with Crippen molar-refractivity contribution in [2.45, 2.75) is 13.0 Å². The van der Waals surface area contributed by atoms with Crippen LogP contribution in [-0.2, 0) is 0 Å². The van der Waals surface area contributed by atoms with Crippen molar-refractivity contribution < 1.29 is 20.1 Å². The third kappa shape index (κ3) is 5.18. The number of hydrogen-bond donors (Lipinski definition) is 3. The first kappa shape index (κ1) is 23.7. The van der Waals surface area contributed by atoms with Gasteiger partial charge in [0, 0.05) is 49.9 Å². The lowest BCUT2D eigenvalue weighted by molar-refractivity contribution is 0.0663. The fourth-order valence-corrected chi connectivity index (χ4v) is 5.31. The zero-order valence-corrected chi connectivity index (χ0v) is 20.8. The quantitative estimate of drug-likeness (QED) is 0.343. The first-order chi connectivity index (χ1) is 16.9. The topological polar surface area (TPSA) is 94.2 Å². The van der Waals surface area contributed by atoms with E-state index in [2.05, 4.69) is 9.88 Å². The number of aryl methyl sites for hydroxylation is 1. The Balaban J connectivity index is 1.14. The Morgan fingerprint density at radius 2 is 1.80 bits per heavy atom. The van der Waals surface area contributed by atoms with Gasteiger partial charge in [0.05, 0.1) is 20.9 Å². The van der Waals surface area contributed by atoms with Crippen LogP contribution in [0.4, 0.5) is 5.69 Å². The van der Waals surface area contributed by atoms with Gasteiger partial charge in [-0.15, -0.1) is 11.3 Å². The first-order valence-electron chi connectivity index (χ1n) is 11.4. The van der Waals surface area contributed by atoms with Gasteiger partial charge in [-0.3, -0.25) is 4.90 Å². The van der Waals surface area contributed by atoms with E-state index in [0.717, 1.165) is 15.2 Å². The van der Waals surface area contributed by atoms with Crippen LogP contribution in [0.15, 0.2) is 48.5 Å². The van der Waals surface area contributed by atoms with Crippen LogP contribution in [0.2, 0.25) is 5.02 Å². The molecule has 0 saturated carbocycles. The number of aliphatic hydroxyl groups is 1. The van der Waals surface area contributed by atoms with Crippen molar-refractivity contribution in [3.8, 4) is 23.2 Å². The summed E-state index contributed by atoms with van der Waals surface area (Å²) in [5.74, 6) is 0.645. The number of nitrogens with zero attached hydrogens (tertiary/aromatic N) is 4. The fourth-order valence-electron chi connectivity index (χ4n) is 4.38. The molecule has 1 aliphatic heterocycles. The van der Waals surface area contributed by atoms with E-state index in [9.17, 15) is 15.3 Å². The normalized spacial score (nSPS) is 15.6. The summed E-state index contributed by atoms with van der Waals surface area (Å²) in [4.78, 5) is 8.69. The maximum atomic E-state index is 10.8. The molecule has 1 fully saturated rings. The van der Waals surface area contributed by atoms with Crippen LogP contribution in [0.5, 0.6) is 17.5 Å². The standard InChI is InChI=1S/C25H27ClN4O4S/c1-16-27-21-12-20(6-7-23(21)35-16)34-15-19(31)14-28-8-10-29(11-9-28)22-13-24(32)30(25(22)33)18-4-2-17(26)3-5-18/h2-7,12-13,19,31-33H,8-11,14-15H2,1H3. The van der Waals surface area contributed by atoms with E-state index in [1.807, 2.05) is 30.0 Å². The molecule has 10 heteroatoms. The second kappa shape index (κ2) is 9.94. The zero-order valence-electron chi connectivity index (χ0n) is 19.3. The number of halogens is 1. The van der Waals surface area contributed by atoms with Crippen molar-refractivity contribution in [3.05, 3.63) is 58.6 Å². The molecule has 0 bridgehead atoms. The van der Waals surface area contributed by atoms with E-state index < -0.39 is 6.10 Å². The molecule has 35 heavy (non-hydrogen) atoms. The van der Waals surface area contributed by atoms with E-state index in [0.29, 0.717) is 54.9 Å². The van der Waals surface area contributed by atoms with Crippen molar-refractivity contribution in [2.75, 3.05) is 44.2 Å². The minimum atomic E-state index is -0.627. The van der Waals surface area contributed by atoms with Gasteiger partial charge >= 0.3 is 0 Å². The monoisotopic (exact) mass is 514 g/mol. The summed E-state index contributed by atoms with van der Waals surface area (Å²) >= 11 is 7.60. The van der Waals surface area contributed by atoms with Gasteiger partial charge in [0.25, 0.3) is 0 Å². The van der Waals surface area contributed by atoms with Crippen LogP contribution in [0.25, 0.3) is 15.9 Å². The number of thiazole rings is 1. The molecule has 0 amide bonds. The van der Waals surface area contributed by atoms with Gasteiger partial charge in [-0.2, -0.15) is 0 Å². The number of ether oxygens (including phenoxy) is 1. The second-order valence-electron chi connectivity index (χ2n) is 8.64. The molecule has 1 aliphatic rings. The van der Waals surface area contributed by atoms with Crippen molar-refractivity contribution >= 4 is 38.8 Å². The highest BCUT2D eigenvalue weighted by molar-refractivity contribution is 7.18. The molecule has 1 atom stereocenters. The lowest BCUT2D eigenvalue weighted by Crippen LogP contribution is -2.49. The Labute approximate surface area is 212 Å². The van der Waals surface area contributed by atoms with Crippen LogP contribution in [-0.4, -0.2) is 75.2 Å². The number of rotatable bonds is 7. The third-order valence-corrected chi connectivity index (χ3v) is 7.31. The van der Waals surface area contributed by atoms with Crippen LogP contribution < -0.4 is 9.64 Å². The Morgan fingerprint density at radius 3 is 2.54 bits per heavy atom. The highest BCUT2D eigenvalue weighted by Gasteiger charge is 2.25. The lowest BCUT2D eigenvalue weighted by Gasteiger charge is -2.36. The zero-order chi connectivity index (χ0) is 24.5. The number of hydrogen-bond acceptors (Lipinski definition) is 8. The maximum absolute atomic E-state index is 10.8. The molecule has 3 N–H and O–H groups in total.